The summed E-state index contributed by atoms with van der Waals surface area (Å²) in [6.07, 6.45) is 0.857. The van der Waals surface area contributed by atoms with Crippen molar-refractivity contribution in [3.05, 3.63) is 60.2 Å². The van der Waals surface area contributed by atoms with Gasteiger partial charge in [0.25, 0.3) is 0 Å². The molecule has 2 amide bonds. The minimum atomic E-state index is -0.185. The van der Waals surface area contributed by atoms with Crippen LogP contribution in [0.2, 0.25) is 0 Å². The number of nitrogens with one attached hydrogen (secondary N) is 2. The number of carbonyl (C=O) groups excluding carboxylic acids is 2. The van der Waals surface area contributed by atoms with Crippen molar-refractivity contribution in [1.29, 1.82) is 0 Å². The monoisotopic (exact) mass is 397 g/mol. The van der Waals surface area contributed by atoms with Gasteiger partial charge in [0, 0.05) is 11.8 Å². The lowest BCUT2D eigenvalue weighted by atomic mass is 9.97. The van der Waals surface area contributed by atoms with Crippen molar-refractivity contribution < 1.29 is 14.3 Å². The van der Waals surface area contributed by atoms with Gasteiger partial charge in [-0.05, 0) is 37.1 Å². The van der Waals surface area contributed by atoms with Gasteiger partial charge in [0.15, 0.2) is 0 Å². The quantitative estimate of drug-likeness (QED) is 0.644. The molecule has 2 aromatic rings. The molecule has 0 saturated heterocycles. The van der Waals surface area contributed by atoms with Gasteiger partial charge in [0.05, 0.1) is 26.2 Å². The molecule has 0 unspecified atom stereocenters. The predicted octanol–water partition coefficient (Wildman–Crippen LogP) is 3.47. The number of ether oxygens (including phenoxy) is 1. The molecule has 0 spiro atoms. The van der Waals surface area contributed by atoms with Gasteiger partial charge in [0.2, 0.25) is 11.8 Å². The molecule has 0 saturated carbocycles. The van der Waals surface area contributed by atoms with Crippen LogP contribution < -0.4 is 15.4 Å². The van der Waals surface area contributed by atoms with Crippen molar-refractivity contribution >= 4 is 17.5 Å². The molecule has 156 valence electrons. The average molecular weight is 398 g/mol. The second-order valence-electron chi connectivity index (χ2n) is 7.61. The first kappa shape index (κ1) is 22.4. The Bertz CT molecular complexity index is 793. The maximum absolute atomic E-state index is 12.5. The van der Waals surface area contributed by atoms with Crippen molar-refractivity contribution in [2.75, 3.05) is 32.6 Å². The fraction of sp³-hybridized carbons (Fsp3) is 0.391. The number of likely N-dealkylation sites (N-methyl/N-ethyl adjacent to an activating group) is 1. The number of amides is 2. The Labute approximate surface area is 173 Å². The topological polar surface area (TPSA) is 70.7 Å². The Kier molecular flexibility index (Phi) is 8.68. The standard InChI is InChI=1S/C23H31N3O3/c1-17(2)13-21(18-9-6-5-7-10-18)25-23(28)16-26(3)15-22(27)24-19-11-8-12-20(14-19)29-4/h5-12,14,17,21H,13,15-16H2,1-4H3,(H,24,27)(H,25,28)/t21-/m1/s1. The largest absolute Gasteiger partial charge is 0.497 e. The number of hydrogen-bond acceptors (Lipinski definition) is 4. The zero-order chi connectivity index (χ0) is 21.2. The van der Waals surface area contributed by atoms with Gasteiger partial charge < -0.3 is 15.4 Å². The Morgan fingerprint density at radius 2 is 1.69 bits per heavy atom. The minimum absolute atomic E-state index is 0.0392. The summed E-state index contributed by atoms with van der Waals surface area (Å²) >= 11 is 0. The van der Waals surface area contributed by atoms with E-state index in [0.29, 0.717) is 17.4 Å². The molecule has 29 heavy (non-hydrogen) atoms. The molecule has 0 radical (unpaired) electrons. The first-order valence-electron chi connectivity index (χ1n) is 9.84. The highest BCUT2D eigenvalue weighted by atomic mass is 16.5. The summed E-state index contributed by atoms with van der Waals surface area (Å²) in [5, 5.41) is 5.93. The van der Waals surface area contributed by atoms with Crippen molar-refractivity contribution in [3.8, 4) is 5.75 Å². The highest BCUT2D eigenvalue weighted by Crippen LogP contribution is 2.21. The third-order valence-electron chi connectivity index (χ3n) is 4.42. The third kappa shape index (κ3) is 7.95. The van der Waals surface area contributed by atoms with Crippen LogP contribution in [0.15, 0.2) is 54.6 Å². The summed E-state index contributed by atoms with van der Waals surface area (Å²) in [6.45, 7) is 4.53. The fourth-order valence-electron chi connectivity index (χ4n) is 3.12. The average Bonchev–Trinajstić information content (AvgIpc) is 2.67. The van der Waals surface area contributed by atoms with Crippen molar-refractivity contribution in [2.24, 2.45) is 5.92 Å². The molecule has 0 aliphatic rings. The van der Waals surface area contributed by atoms with E-state index in [1.54, 1.807) is 31.2 Å². The maximum atomic E-state index is 12.5. The molecule has 2 rings (SSSR count). The maximum Gasteiger partial charge on any atom is 0.238 e. The van der Waals surface area contributed by atoms with Crippen molar-refractivity contribution in [2.45, 2.75) is 26.3 Å². The first-order chi connectivity index (χ1) is 13.9. The molecule has 2 aromatic carbocycles. The highest BCUT2D eigenvalue weighted by molar-refractivity contribution is 5.92. The highest BCUT2D eigenvalue weighted by Gasteiger charge is 2.18. The van der Waals surface area contributed by atoms with Gasteiger partial charge in [0.1, 0.15) is 5.75 Å². The van der Waals surface area contributed by atoms with E-state index < -0.39 is 0 Å². The number of anilines is 1. The van der Waals surface area contributed by atoms with Crippen LogP contribution in [-0.2, 0) is 9.59 Å². The summed E-state index contributed by atoms with van der Waals surface area (Å²) in [6, 6.07) is 17.1. The zero-order valence-corrected chi connectivity index (χ0v) is 17.6. The molecule has 0 aromatic heterocycles. The molecule has 0 aliphatic carbocycles. The second-order valence-corrected chi connectivity index (χ2v) is 7.61. The Morgan fingerprint density at radius 1 is 1.00 bits per heavy atom. The molecule has 6 nitrogen and oxygen atoms in total. The van der Waals surface area contributed by atoms with Crippen LogP contribution in [0, 0.1) is 5.92 Å². The summed E-state index contributed by atoms with van der Waals surface area (Å²) in [7, 11) is 3.33. The molecule has 2 N–H and O–H groups in total. The summed E-state index contributed by atoms with van der Waals surface area (Å²) < 4.78 is 5.16. The molecule has 1 atom stereocenters. The Balaban J connectivity index is 1.87. The van der Waals surface area contributed by atoms with E-state index in [2.05, 4.69) is 24.5 Å². The summed E-state index contributed by atoms with van der Waals surface area (Å²) in [4.78, 5) is 26.5. The molecule has 0 heterocycles. The number of hydrogen-bond donors (Lipinski definition) is 2. The second kappa shape index (κ2) is 11.2. The van der Waals surface area contributed by atoms with Crippen LogP contribution in [-0.4, -0.2) is 44.0 Å². The number of carbonyl (C=O) groups is 2. The van der Waals surface area contributed by atoms with Gasteiger partial charge in [-0.2, -0.15) is 0 Å². The lowest BCUT2D eigenvalue weighted by Crippen LogP contribution is -2.40. The summed E-state index contributed by atoms with van der Waals surface area (Å²) in [5.74, 6) is 0.839. The van der Waals surface area contributed by atoms with Gasteiger partial charge in [-0.15, -0.1) is 0 Å². The van der Waals surface area contributed by atoms with Crippen LogP contribution in [0.1, 0.15) is 31.9 Å². The van der Waals surface area contributed by atoms with Gasteiger partial charge >= 0.3 is 0 Å². The van der Waals surface area contributed by atoms with E-state index in [1.807, 2.05) is 42.5 Å². The Hall–Kier alpha value is -2.86. The molecule has 0 bridgehead atoms. The first-order valence-corrected chi connectivity index (χ1v) is 9.84. The minimum Gasteiger partial charge on any atom is -0.497 e. The number of nitrogens with zero attached hydrogens (tertiary/aromatic N) is 1. The van der Waals surface area contributed by atoms with Gasteiger partial charge in [-0.25, -0.2) is 0 Å². The number of rotatable bonds is 10. The molecule has 6 heteroatoms. The van der Waals surface area contributed by atoms with Crippen LogP contribution in [0.3, 0.4) is 0 Å². The van der Waals surface area contributed by atoms with E-state index in [0.717, 1.165) is 12.0 Å². The van der Waals surface area contributed by atoms with Crippen molar-refractivity contribution in [3.63, 3.8) is 0 Å². The van der Waals surface area contributed by atoms with E-state index in [9.17, 15) is 9.59 Å². The Morgan fingerprint density at radius 3 is 2.34 bits per heavy atom. The van der Waals surface area contributed by atoms with E-state index >= 15 is 0 Å². The molecule has 0 aliphatic heterocycles. The molecular weight excluding hydrogens is 366 g/mol. The van der Waals surface area contributed by atoms with E-state index in [-0.39, 0.29) is 30.9 Å². The smallest absolute Gasteiger partial charge is 0.238 e. The molecule has 0 fully saturated rings. The van der Waals surface area contributed by atoms with Crippen LogP contribution >= 0.6 is 0 Å². The van der Waals surface area contributed by atoms with Gasteiger partial charge in [-0.1, -0.05) is 50.2 Å². The van der Waals surface area contributed by atoms with Crippen molar-refractivity contribution in [1.82, 2.24) is 10.2 Å². The van der Waals surface area contributed by atoms with Crippen LogP contribution in [0.4, 0.5) is 5.69 Å². The lowest BCUT2D eigenvalue weighted by Gasteiger charge is -2.23. The summed E-state index contributed by atoms with van der Waals surface area (Å²) in [5.41, 5.74) is 1.75. The lowest BCUT2D eigenvalue weighted by molar-refractivity contribution is -0.123. The fourth-order valence-corrected chi connectivity index (χ4v) is 3.12. The van der Waals surface area contributed by atoms with E-state index in [4.69, 9.17) is 4.74 Å². The SMILES string of the molecule is COc1cccc(NC(=O)CN(C)CC(=O)N[C@H](CC(C)C)c2ccccc2)c1. The normalized spacial score (nSPS) is 11.9. The van der Waals surface area contributed by atoms with Crippen LogP contribution in [0.25, 0.3) is 0 Å². The molecular formula is C23H31N3O3. The predicted molar refractivity (Wildman–Crippen MR) is 116 cm³/mol. The number of methoxy groups -OCH3 is 1. The van der Waals surface area contributed by atoms with Gasteiger partial charge in [-0.3, -0.25) is 14.5 Å². The zero-order valence-electron chi connectivity index (χ0n) is 17.6. The number of benzene rings is 2. The third-order valence-corrected chi connectivity index (χ3v) is 4.42. The van der Waals surface area contributed by atoms with Crippen LogP contribution in [0.5, 0.6) is 5.75 Å². The van der Waals surface area contributed by atoms with E-state index in [1.165, 1.54) is 0 Å².